The molecule has 0 bridgehead atoms. The summed E-state index contributed by atoms with van der Waals surface area (Å²) in [5.74, 6) is 0.153. The van der Waals surface area contributed by atoms with Crippen molar-refractivity contribution < 1.29 is 9.53 Å². The summed E-state index contributed by atoms with van der Waals surface area (Å²) in [6.45, 7) is 3.70. The number of hydrogen-bond donors (Lipinski definition) is 1. The van der Waals surface area contributed by atoms with Crippen LogP contribution in [0.2, 0.25) is 0 Å². The number of ether oxygens (including phenoxy) is 1. The number of nitrogens with one attached hydrogen (secondary N) is 1. The van der Waals surface area contributed by atoms with Crippen molar-refractivity contribution in [2.75, 3.05) is 26.8 Å². The first-order valence-electron chi connectivity index (χ1n) is 4.52. The van der Waals surface area contributed by atoms with Gasteiger partial charge in [0.05, 0.1) is 13.2 Å². The van der Waals surface area contributed by atoms with Gasteiger partial charge in [-0.2, -0.15) is 0 Å². The molecule has 1 N–H and O–H groups in total. The van der Waals surface area contributed by atoms with Crippen LogP contribution in [0, 0.1) is 6.92 Å². The topological polar surface area (TPSA) is 38.3 Å². The molecule has 1 aromatic heterocycles. The summed E-state index contributed by atoms with van der Waals surface area (Å²) in [4.78, 5) is 12.7. The summed E-state index contributed by atoms with van der Waals surface area (Å²) in [6, 6.07) is 1.88. The predicted octanol–water partition coefficient (Wildman–Crippen LogP) is 1.48. The second kappa shape index (κ2) is 5.90. The van der Waals surface area contributed by atoms with Crippen LogP contribution in [0.5, 0.6) is 0 Å². The van der Waals surface area contributed by atoms with Gasteiger partial charge in [-0.25, -0.2) is 0 Å². The van der Waals surface area contributed by atoms with Crippen LogP contribution in [0.1, 0.15) is 15.2 Å². The summed E-state index contributed by atoms with van der Waals surface area (Å²) in [7, 11) is 1.65. The monoisotopic (exact) mass is 213 g/mol. The molecule has 3 nitrogen and oxygen atoms in total. The Morgan fingerprint density at radius 1 is 1.64 bits per heavy atom. The fourth-order valence-electron chi connectivity index (χ4n) is 1.15. The maximum atomic E-state index is 11.6. The second-order valence-corrected chi connectivity index (χ2v) is 4.10. The van der Waals surface area contributed by atoms with Gasteiger partial charge >= 0.3 is 0 Å². The van der Waals surface area contributed by atoms with E-state index in [1.165, 1.54) is 0 Å². The quantitative estimate of drug-likeness (QED) is 0.574. The molecule has 0 amide bonds. The highest BCUT2D eigenvalue weighted by atomic mass is 32.1. The molecule has 1 rings (SSSR count). The third kappa shape index (κ3) is 3.21. The Morgan fingerprint density at radius 3 is 3.00 bits per heavy atom. The van der Waals surface area contributed by atoms with E-state index < -0.39 is 0 Å². The molecule has 0 fully saturated rings. The van der Waals surface area contributed by atoms with Crippen molar-refractivity contribution in [1.82, 2.24) is 5.32 Å². The fourth-order valence-corrected chi connectivity index (χ4v) is 1.86. The first kappa shape index (κ1) is 11.4. The minimum Gasteiger partial charge on any atom is -0.383 e. The minimum atomic E-state index is 0.153. The average Bonchev–Trinajstić information content (AvgIpc) is 2.59. The van der Waals surface area contributed by atoms with Crippen LogP contribution in [0.3, 0.4) is 0 Å². The Bertz CT molecular complexity index is 296. The fraction of sp³-hybridized carbons (Fsp3) is 0.500. The van der Waals surface area contributed by atoms with E-state index >= 15 is 0 Å². The number of carbonyl (C=O) groups is 1. The highest BCUT2D eigenvalue weighted by molar-refractivity contribution is 7.10. The molecule has 0 aromatic carbocycles. The molecule has 78 valence electrons. The molecule has 0 spiro atoms. The third-order valence-electron chi connectivity index (χ3n) is 1.93. The largest absolute Gasteiger partial charge is 0.383 e. The lowest BCUT2D eigenvalue weighted by molar-refractivity contribution is 0.0987. The maximum Gasteiger partial charge on any atom is 0.177 e. The van der Waals surface area contributed by atoms with Crippen molar-refractivity contribution in [3.05, 3.63) is 21.9 Å². The molecule has 0 aliphatic heterocycles. The smallest absolute Gasteiger partial charge is 0.177 e. The van der Waals surface area contributed by atoms with Crippen LogP contribution in [-0.4, -0.2) is 32.6 Å². The second-order valence-electron chi connectivity index (χ2n) is 2.98. The first-order chi connectivity index (χ1) is 6.75. The summed E-state index contributed by atoms with van der Waals surface area (Å²) in [6.07, 6.45) is 0. The van der Waals surface area contributed by atoms with Gasteiger partial charge in [-0.3, -0.25) is 4.79 Å². The molecular weight excluding hydrogens is 198 g/mol. The average molecular weight is 213 g/mol. The molecule has 0 saturated heterocycles. The zero-order valence-corrected chi connectivity index (χ0v) is 9.32. The van der Waals surface area contributed by atoms with E-state index in [1.54, 1.807) is 18.4 Å². The zero-order valence-electron chi connectivity index (χ0n) is 8.50. The maximum absolute atomic E-state index is 11.6. The molecule has 0 aliphatic rings. The molecular formula is C10H15NO2S. The van der Waals surface area contributed by atoms with Crippen LogP contribution in [0.25, 0.3) is 0 Å². The van der Waals surface area contributed by atoms with Gasteiger partial charge in [-0.05, 0) is 18.4 Å². The molecule has 4 heteroatoms. The molecule has 0 saturated carbocycles. The van der Waals surface area contributed by atoms with E-state index in [-0.39, 0.29) is 5.78 Å². The molecule has 1 heterocycles. The number of carbonyl (C=O) groups excluding carboxylic acids is 1. The van der Waals surface area contributed by atoms with Gasteiger partial charge in [0.1, 0.15) is 0 Å². The number of aryl methyl sites for hydroxylation is 1. The molecule has 0 radical (unpaired) electrons. The van der Waals surface area contributed by atoms with Crippen molar-refractivity contribution in [2.24, 2.45) is 0 Å². The summed E-state index contributed by atoms with van der Waals surface area (Å²) in [5, 5.41) is 4.97. The minimum absolute atomic E-state index is 0.153. The lowest BCUT2D eigenvalue weighted by atomic mass is 10.2. The van der Waals surface area contributed by atoms with Crippen LogP contribution >= 0.6 is 11.3 Å². The van der Waals surface area contributed by atoms with Gasteiger partial charge in [-0.1, -0.05) is 0 Å². The molecule has 1 aromatic rings. The number of hydrogen-bond acceptors (Lipinski definition) is 4. The van der Waals surface area contributed by atoms with Crippen molar-refractivity contribution in [2.45, 2.75) is 6.92 Å². The van der Waals surface area contributed by atoms with Crippen molar-refractivity contribution in [3.63, 3.8) is 0 Å². The van der Waals surface area contributed by atoms with Crippen molar-refractivity contribution in [1.29, 1.82) is 0 Å². The Morgan fingerprint density at radius 2 is 2.43 bits per heavy atom. The normalized spacial score (nSPS) is 10.4. The van der Waals surface area contributed by atoms with Crippen LogP contribution in [0.15, 0.2) is 11.4 Å². The van der Waals surface area contributed by atoms with Crippen LogP contribution in [0.4, 0.5) is 0 Å². The Balaban J connectivity index is 2.32. The zero-order chi connectivity index (χ0) is 10.4. The van der Waals surface area contributed by atoms with E-state index in [4.69, 9.17) is 4.74 Å². The Kier molecular flexibility index (Phi) is 4.79. The van der Waals surface area contributed by atoms with E-state index in [0.717, 1.165) is 10.4 Å². The summed E-state index contributed by atoms with van der Waals surface area (Å²) >= 11 is 1.60. The van der Waals surface area contributed by atoms with E-state index in [2.05, 4.69) is 5.32 Å². The standard InChI is InChI=1S/C10H15NO2S/c1-8-9(3-6-14-8)10(12)7-11-4-5-13-2/h3,6,11H,4-5,7H2,1-2H3. The predicted molar refractivity (Wildman–Crippen MR) is 58.1 cm³/mol. The number of rotatable bonds is 6. The van der Waals surface area contributed by atoms with Gasteiger partial charge in [-0.15, -0.1) is 11.3 Å². The Labute approximate surface area is 88.1 Å². The van der Waals surface area contributed by atoms with Gasteiger partial charge in [0.25, 0.3) is 0 Å². The molecule has 14 heavy (non-hydrogen) atoms. The number of Topliss-reactive ketones (excluding diaryl/α,β-unsaturated/α-hetero) is 1. The molecule has 0 unspecified atom stereocenters. The Hall–Kier alpha value is -0.710. The number of methoxy groups -OCH3 is 1. The number of ketones is 1. The summed E-state index contributed by atoms with van der Waals surface area (Å²) < 4.78 is 4.87. The first-order valence-corrected chi connectivity index (χ1v) is 5.40. The lowest BCUT2D eigenvalue weighted by Gasteiger charge is -2.02. The van der Waals surface area contributed by atoms with Gasteiger partial charge in [0.2, 0.25) is 0 Å². The molecule has 0 atom stereocenters. The van der Waals surface area contributed by atoms with Crippen molar-refractivity contribution in [3.8, 4) is 0 Å². The van der Waals surface area contributed by atoms with Gasteiger partial charge in [0, 0.05) is 24.1 Å². The van der Waals surface area contributed by atoms with Crippen molar-refractivity contribution >= 4 is 17.1 Å². The van der Waals surface area contributed by atoms with E-state index in [0.29, 0.717) is 19.7 Å². The van der Waals surface area contributed by atoms with Crippen LogP contribution in [-0.2, 0) is 4.74 Å². The van der Waals surface area contributed by atoms with E-state index in [9.17, 15) is 4.79 Å². The van der Waals surface area contributed by atoms with Gasteiger partial charge < -0.3 is 10.1 Å². The lowest BCUT2D eigenvalue weighted by Crippen LogP contribution is -2.26. The molecule has 0 aliphatic carbocycles. The number of thiophene rings is 1. The van der Waals surface area contributed by atoms with E-state index in [1.807, 2.05) is 18.4 Å². The summed E-state index contributed by atoms with van der Waals surface area (Å²) in [5.41, 5.74) is 0.833. The van der Waals surface area contributed by atoms with Crippen LogP contribution < -0.4 is 5.32 Å². The van der Waals surface area contributed by atoms with Gasteiger partial charge in [0.15, 0.2) is 5.78 Å². The highest BCUT2D eigenvalue weighted by Crippen LogP contribution is 2.14. The highest BCUT2D eigenvalue weighted by Gasteiger charge is 2.08. The third-order valence-corrected chi connectivity index (χ3v) is 2.77. The SMILES string of the molecule is COCCNCC(=O)c1ccsc1C.